The Morgan fingerprint density at radius 2 is 1.96 bits per heavy atom. The smallest absolute Gasteiger partial charge is 0.291 e. The lowest BCUT2D eigenvalue weighted by Gasteiger charge is -2.35. The van der Waals surface area contributed by atoms with Gasteiger partial charge in [-0.05, 0) is 53.3 Å². The fourth-order valence-electron chi connectivity index (χ4n) is 2.55. The van der Waals surface area contributed by atoms with Crippen LogP contribution >= 0.6 is 27.5 Å². The van der Waals surface area contributed by atoms with Gasteiger partial charge in [-0.25, -0.2) is 0 Å². The second kappa shape index (κ2) is 6.95. The van der Waals surface area contributed by atoms with E-state index in [4.69, 9.17) is 16.0 Å². The summed E-state index contributed by atoms with van der Waals surface area (Å²) in [5.41, 5.74) is 1.67. The van der Waals surface area contributed by atoms with Crippen molar-refractivity contribution in [3.05, 3.63) is 45.8 Å². The van der Waals surface area contributed by atoms with Gasteiger partial charge < -0.3 is 19.5 Å². The molecule has 0 radical (unpaired) electrons. The second-order valence-corrected chi connectivity index (χ2v) is 6.73. The highest BCUT2D eigenvalue weighted by molar-refractivity contribution is 9.10. The molecule has 1 N–H and O–H groups in total. The van der Waals surface area contributed by atoms with Crippen LogP contribution in [0.25, 0.3) is 0 Å². The van der Waals surface area contributed by atoms with E-state index in [1.54, 1.807) is 18.2 Å². The molecule has 3 rings (SSSR count). The maximum Gasteiger partial charge on any atom is 0.291 e. The third-order valence-corrected chi connectivity index (χ3v) is 4.51. The van der Waals surface area contributed by atoms with Crippen molar-refractivity contribution in [3.63, 3.8) is 0 Å². The lowest BCUT2D eigenvalue weighted by Crippen LogP contribution is -2.44. The van der Waals surface area contributed by atoms with Crippen LogP contribution in [0.4, 0.5) is 11.4 Å². The maximum absolute atomic E-state index is 12.3. The van der Waals surface area contributed by atoms with Crippen LogP contribution in [0.1, 0.15) is 10.6 Å². The molecule has 5 nitrogen and oxygen atoms in total. The predicted octanol–water partition coefficient (Wildman–Crippen LogP) is 3.70. The molecular weight excluding hydrogens is 382 g/mol. The summed E-state index contributed by atoms with van der Waals surface area (Å²) in [6.07, 6.45) is 0. The number of anilines is 2. The minimum atomic E-state index is -0.298. The topological polar surface area (TPSA) is 48.7 Å². The molecule has 1 fully saturated rings. The van der Waals surface area contributed by atoms with Crippen molar-refractivity contribution in [1.82, 2.24) is 4.90 Å². The zero-order valence-electron chi connectivity index (χ0n) is 12.7. The zero-order valence-corrected chi connectivity index (χ0v) is 15.0. The largest absolute Gasteiger partial charge is 0.444 e. The lowest BCUT2D eigenvalue weighted by atomic mass is 10.2. The van der Waals surface area contributed by atoms with Gasteiger partial charge in [-0.15, -0.1) is 0 Å². The number of benzene rings is 1. The molecule has 122 valence electrons. The van der Waals surface area contributed by atoms with Crippen molar-refractivity contribution < 1.29 is 9.21 Å². The molecule has 1 saturated heterocycles. The highest BCUT2D eigenvalue weighted by atomic mass is 79.9. The van der Waals surface area contributed by atoms with Crippen molar-refractivity contribution in [1.29, 1.82) is 0 Å². The Labute approximate surface area is 148 Å². The summed E-state index contributed by atoms with van der Waals surface area (Å²) in [6.45, 7) is 3.79. The minimum Gasteiger partial charge on any atom is -0.444 e. The summed E-state index contributed by atoms with van der Waals surface area (Å²) in [4.78, 5) is 16.9. The summed E-state index contributed by atoms with van der Waals surface area (Å²) < 4.78 is 5.82. The molecule has 1 aliphatic rings. The van der Waals surface area contributed by atoms with Crippen LogP contribution in [0.2, 0.25) is 5.02 Å². The maximum atomic E-state index is 12.3. The number of hydrogen-bond acceptors (Lipinski definition) is 4. The number of amides is 1. The number of carbonyl (C=O) groups excluding carboxylic acids is 1. The predicted molar refractivity (Wildman–Crippen MR) is 95.5 cm³/mol. The van der Waals surface area contributed by atoms with E-state index in [0.717, 1.165) is 31.9 Å². The van der Waals surface area contributed by atoms with Gasteiger partial charge in [0, 0.05) is 31.2 Å². The van der Waals surface area contributed by atoms with Crippen molar-refractivity contribution in [2.75, 3.05) is 43.4 Å². The van der Waals surface area contributed by atoms with Crippen molar-refractivity contribution >= 4 is 44.8 Å². The number of hydrogen-bond donors (Lipinski definition) is 1. The minimum absolute atomic E-state index is 0.251. The first kappa shape index (κ1) is 16.4. The van der Waals surface area contributed by atoms with Crippen molar-refractivity contribution in [2.45, 2.75) is 0 Å². The molecule has 1 aromatic carbocycles. The molecule has 0 unspecified atom stereocenters. The highest BCUT2D eigenvalue weighted by Gasteiger charge is 2.19. The number of halogens is 2. The van der Waals surface area contributed by atoms with Crippen molar-refractivity contribution in [2.24, 2.45) is 0 Å². The van der Waals surface area contributed by atoms with Crippen LogP contribution in [0, 0.1) is 0 Å². The van der Waals surface area contributed by atoms with Gasteiger partial charge in [-0.2, -0.15) is 0 Å². The molecule has 1 aliphatic heterocycles. The quantitative estimate of drug-likeness (QED) is 0.856. The van der Waals surface area contributed by atoms with Gasteiger partial charge in [0.25, 0.3) is 5.91 Å². The SMILES string of the molecule is CN1CCN(c2ccc(Cl)cc2NC(=O)c2ccc(Br)o2)CC1. The molecule has 1 amide bonds. The third-order valence-electron chi connectivity index (χ3n) is 3.85. The van der Waals surface area contributed by atoms with E-state index in [1.807, 2.05) is 12.1 Å². The van der Waals surface area contributed by atoms with E-state index in [2.05, 4.69) is 38.1 Å². The van der Waals surface area contributed by atoms with Crippen LogP contribution in [0.5, 0.6) is 0 Å². The number of likely N-dealkylation sites (N-methyl/N-ethyl adjacent to an activating group) is 1. The normalized spacial score (nSPS) is 15.7. The molecule has 0 spiro atoms. The van der Waals surface area contributed by atoms with Gasteiger partial charge in [0.1, 0.15) is 0 Å². The molecule has 0 aliphatic carbocycles. The number of furan rings is 1. The van der Waals surface area contributed by atoms with Gasteiger partial charge >= 0.3 is 0 Å². The second-order valence-electron chi connectivity index (χ2n) is 5.51. The molecule has 0 saturated carbocycles. The third kappa shape index (κ3) is 3.88. The molecule has 1 aromatic heterocycles. The summed E-state index contributed by atoms with van der Waals surface area (Å²) in [5.74, 6) is -0.0467. The molecule has 7 heteroatoms. The molecule has 2 aromatic rings. The Morgan fingerprint density at radius 3 is 2.61 bits per heavy atom. The van der Waals surface area contributed by atoms with Gasteiger partial charge in [0.05, 0.1) is 11.4 Å². The molecule has 0 bridgehead atoms. The van der Waals surface area contributed by atoms with Crippen LogP contribution in [0.15, 0.2) is 39.4 Å². The Hall–Kier alpha value is -1.50. The molecular formula is C16H17BrClN3O2. The summed E-state index contributed by atoms with van der Waals surface area (Å²) >= 11 is 9.30. The van der Waals surface area contributed by atoms with Gasteiger partial charge in [-0.1, -0.05) is 11.6 Å². The van der Waals surface area contributed by atoms with E-state index < -0.39 is 0 Å². The van der Waals surface area contributed by atoms with E-state index in [1.165, 1.54) is 0 Å². The van der Waals surface area contributed by atoms with Crippen LogP contribution in [-0.4, -0.2) is 44.0 Å². The first-order valence-electron chi connectivity index (χ1n) is 7.32. The van der Waals surface area contributed by atoms with Crippen molar-refractivity contribution in [3.8, 4) is 0 Å². The van der Waals surface area contributed by atoms with Crippen LogP contribution in [-0.2, 0) is 0 Å². The van der Waals surface area contributed by atoms with E-state index in [-0.39, 0.29) is 11.7 Å². The molecule has 2 heterocycles. The summed E-state index contributed by atoms with van der Waals surface area (Å²) in [7, 11) is 2.11. The number of nitrogens with zero attached hydrogens (tertiary/aromatic N) is 2. The van der Waals surface area contributed by atoms with E-state index >= 15 is 0 Å². The number of nitrogens with one attached hydrogen (secondary N) is 1. The average molecular weight is 399 g/mol. The zero-order chi connectivity index (χ0) is 16.4. The Balaban J connectivity index is 1.83. The number of carbonyl (C=O) groups is 1. The monoisotopic (exact) mass is 397 g/mol. The Bertz CT molecular complexity index is 711. The summed E-state index contributed by atoms with van der Waals surface area (Å²) in [5, 5.41) is 3.48. The fraction of sp³-hybridized carbons (Fsp3) is 0.312. The van der Waals surface area contributed by atoms with E-state index in [0.29, 0.717) is 15.4 Å². The lowest BCUT2D eigenvalue weighted by molar-refractivity contribution is 0.0995. The summed E-state index contributed by atoms with van der Waals surface area (Å²) in [6, 6.07) is 8.87. The first-order valence-corrected chi connectivity index (χ1v) is 8.50. The Morgan fingerprint density at radius 1 is 1.22 bits per heavy atom. The standard InChI is InChI=1S/C16H17BrClN3O2/c1-20-6-8-21(9-7-20)13-3-2-11(18)10-12(13)19-16(22)14-4-5-15(17)23-14/h2-5,10H,6-9H2,1H3,(H,19,22). The van der Waals surface area contributed by atoms with Gasteiger partial charge in [-0.3, -0.25) is 4.79 Å². The first-order chi connectivity index (χ1) is 11.0. The van der Waals surface area contributed by atoms with Gasteiger partial charge in [0.2, 0.25) is 0 Å². The number of rotatable bonds is 3. The molecule has 23 heavy (non-hydrogen) atoms. The number of piperazine rings is 1. The highest BCUT2D eigenvalue weighted by Crippen LogP contribution is 2.30. The van der Waals surface area contributed by atoms with Crippen LogP contribution in [0.3, 0.4) is 0 Å². The molecule has 0 atom stereocenters. The fourth-order valence-corrected chi connectivity index (χ4v) is 3.03. The Kier molecular flexibility index (Phi) is 4.94. The van der Waals surface area contributed by atoms with E-state index in [9.17, 15) is 4.79 Å². The average Bonchev–Trinajstić information content (AvgIpc) is 2.95. The van der Waals surface area contributed by atoms with Crippen LogP contribution < -0.4 is 10.2 Å². The van der Waals surface area contributed by atoms with Gasteiger partial charge in [0.15, 0.2) is 10.4 Å².